The van der Waals surface area contributed by atoms with Gasteiger partial charge in [0, 0.05) is 19.7 Å². The zero-order valence-corrected chi connectivity index (χ0v) is 15.0. The predicted octanol–water partition coefficient (Wildman–Crippen LogP) is 3.66. The lowest BCUT2D eigenvalue weighted by atomic mass is 10.2. The third-order valence-electron chi connectivity index (χ3n) is 3.37. The van der Waals surface area contributed by atoms with Crippen molar-refractivity contribution in [2.45, 2.75) is 27.2 Å². The van der Waals surface area contributed by atoms with E-state index in [1.54, 1.807) is 26.1 Å². The maximum absolute atomic E-state index is 13.3. The first-order valence-electron chi connectivity index (χ1n) is 8.21. The normalized spacial score (nSPS) is 11.0. The number of anilines is 1. The maximum Gasteiger partial charge on any atom is 0.241 e. The van der Waals surface area contributed by atoms with Gasteiger partial charge < -0.3 is 14.8 Å². The average molecular weight is 349 g/mol. The standard InChI is InChI=1S/C18H24FN3O3/c1-12(2)11-24-9-8-16(23)20-17-13(3)21-22(4)18(17)25-15-7-5-6-14(19)10-15/h5-7,10,12H,8-9,11H2,1-4H3,(H,20,23). The summed E-state index contributed by atoms with van der Waals surface area (Å²) in [4.78, 5) is 12.1. The van der Waals surface area contributed by atoms with Gasteiger partial charge in [-0.25, -0.2) is 9.07 Å². The molecule has 2 rings (SSSR count). The van der Waals surface area contributed by atoms with Crippen molar-refractivity contribution < 1.29 is 18.7 Å². The van der Waals surface area contributed by atoms with Crippen LogP contribution in [0.4, 0.5) is 10.1 Å². The van der Waals surface area contributed by atoms with Crippen LogP contribution in [0, 0.1) is 18.7 Å². The number of aryl methyl sites for hydroxylation is 2. The molecule has 1 amide bonds. The lowest BCUT2D eigenvalue weighted by Gasteiger charge is -2.10. The Morgan fingerprint density at radius 3 is 2.84 bits per heavy atom. The van der Waals surface area contributed by atoms with E-state index < -0.39 is 5.82 Å². The summed E-state index contributed by atoms with van der Waals surface area (Å²) in [5.74, 6) is 0.515. The summed E-state index contributed by atoms with van der Waals surface area (Å²) in [6, 6.07) is 5.80. The number of ether oxygens (including phenoxy) is 2. The molecule has 0 fully saturated rings. The van der Waals surface area contributed by atoms with Crippen LogP contribution in [0.3, 0.4) is 0 Å². The van der Waals surface area contributed by atoms with Gasteiger partial charge in [0.05, 0.1) is 18.7 Å². The van der Waals surface area contributed by atoms with Crippen LogP contribution >= 0.6 is 0 Å². The van der Waals surface area contributed by atoms with E-state index in [9.17, 15) is 9.18 Å². The Morgan fingerprint density at radius 1 is 1.40 bits per heavy atom. The molecule has 2 aromatic rings. The van der Waals surface area contributed by atoms with Crippen molar-refractivity contribution in [2.75, 3.05) is 18.5 Å². The Hall–Kier alpha value is -2.41. The van der Waals surface area contributed by atoms with Gasteiger partial charge in [-0.3, -0.25) is 4.79 Å². The molecule has 0 spiro atoms. The molecule has 1 aromatic heterocycles. The molecule has 136 valence electrons. The first-order valence-corrected chi connectivity index (χ1v) is 8.21. The molecule has 0 saturated carbocycles. The first kappa shape index (κ1) is 18.9. The number of hydrogen-bond acceptors (Lipinski definition) is 4. The van der Waals surface area contributed by atoms with Gasteiger partial charge in [-0.15, -0.1) is 0 Å². The number of hydrogen-bond donors (Lipinski definition) is 1. The summed E-state index contributed by atoms with van der Waals surface area (Å²) >= 11 is 0. The van der Waals surface area contributed by atoms with Gasteiger partial charge in [-0.1, -0.05) is 19.9 Å². The fourth-order valence-corrected chi connectivity index (χ4v) is 2.23. The highest BCUT2D eigenvalue weighted by molar-refractivity contribution is 5.92. The molecule has 25 heavy (non-hydrogen) atoms. The molecule has 6 nitrogen and oxygen atoms in total. The molecule has 0 atom stereocenters. The Labute approximate surface area is 146 Å². The van der Waals surface area contributed by atoms with Crippen molar-refractivity contribution in [3.8, 4) is 11.6 Å². The third kappa shape index (κ3) is 5.56. The second-order valence-corrected chi connectivity index (χ2v) is 6.22. The minimum atomic E-state index is -0.399. The quantitative estimate of drug-likeness (QED) is 0.739. The van der Waals surface area contributed by atoms with E-state index in [4.69, 9.17) is 9.47 Å². The molecule has 0 bridgehead atoms. The number of amides is 1. The van der Waals surface area contributed by atoms with Gasteiger partial charge in [0.1, 0.15) is 17.3 Å². The third-order valence-corrected chi connectivity index (χ3v) is 3.37. The van der Waals surface area contributed by atoms with E-state index in [0.29, 0.717) is 42.1 Å². The Balaban J connectivity index is 2.04. The highest BCUT2D eigenvalue weighted by Crippen LogP contribution is 2.32. The summed E-state index contributed by atoms with van der Waals surface area (Å²) in [7, 11) is 1.70. The summed E-state index contributed by atoms with van der Waals surface area (Å²) in [5, 5.41) is 7.06. The van der Waals surface area contributed by atoms with Gasteiger partial charge in [0.25, 0.3) is 0 Å². The van der Waals surface area contributed by atoms with E-state index in [-0.39, 0.29) is 12.3 Å². The fourth-order valence-electron chi connectivity index (χ4n) is 2.23. The molecule has 0 aliphatic heterocycles. The second kappa shape index (κ2) is 8.62. The van der Waals surface area contributed by atoms with Crippen molar-refractivity contribution in [3.05, 3.63) is 35.8 Å². The number of rotatable bonds is 8. The summed E-state index contributed by atoms with van der Waals surface area (Å²) < 4.78 is 26.0. The maximum atomic E-state index is 13.3. The smallest absolute Gasteiger partial charge is 0.241 e. The Morgan fingerprint density at radius 2 is 2.16 bits per heavy atom. The Kier molecular flexibility index (Phi) is 6.52. The fraction of sp³-hybridized carbons (Fsp3) is 0.444. The summed E-state index contributed by atoms with van der Waals surface area (Å²) in [6.07, 6.45) is 0.237. The zero-order valence-electron chi connectivity index (χ0n) is 15.0. The highest BCUT2D eigenvalue weighted by atomic mass is 19.1. The van der Waals surface area contributed by atoms with Crippen molar-refractivity contribution in [1.29, 1.82) is 0 Å². The van der Waals surface area contributed by atoms with Crippen LogP contribution in [0.5, 0.6) is 11.6 Å². The minimum absolute atomic E-state index is 0.191. The lowest BCUT2D eigenvalue weighted by Crippen LogP contribution is -2.16. The van der Waals surface area contributed by atoms with Gasteiger partial charge in [-0.05, 0) is 25.0 Å². The summed E-state index contributed by atoms with van der Waals surface area (Å²) in [6.45, 7) is 6.84. The van der Waals surface area contributed by atoms with Crippen LogP contribution in [-0.4, -0.2) is 28.9 Å². The summed E-state index contributed by atoms with van der Waals surface area (Å²) in [5.41, 5.74) is 1.09. The van der Waals surface area contributed by atoms with Crippen LogP contribution in [0.1, 0.15) is 26.0 Å². The predicted molar refractivity (Wildman–Crippen MR) is 93.3 cm³/mol. The molecule has 1 N–H and O–H groups in total. The van der Waals surface area contributed by atoms with Crippen LogP contribution in [0.15, 0.2) is 24.3 Å². The topological polar surface area (TPSA) is 65.4 Å². The van der Waals surface area contributed by atoms with Crippen LogP contribution in [-0.2, 0) is 16.6 Å². The molecule has 0 aliphatic carbocycles. The SMILES string of the molecule is Cc1nn(C)c(Oc2cccc(F)c2)c1NC(=O)CCOCC(C)C. The van der Waals surface area contributed by atoms with E-state index in [1.807, 2.05) is 0 Å². The monoisotopic (exact) mass is 349 g/mol. The number of benzene rings is 1. The van der Waals surface area contributed by atoms with Crippen molar-refractivity contribution in [1.82, 2.24) is 9.78 Å². The highest BCUT2D eigenvalue weighted by Gasteiger charge is 2.18. The molecule has 0 unspecified atom stereocenters. The molecule has 0 saturated heterocycles. The number of halogens is 1. The molecule has 7 heteroatoms. The van der Waals surface area contributed by atoms with Crippen LogP contribution in [0.25, 0.3) is 0 Å². The number of nitrogens with zero attached hydrogens (tertiary/aromatic N) is 2. The van der Waals surface area contributed by atoms with Crippen LogP contribution < -0.4 is 10.1 Å². The van der Waals surface area contributed by atoms with E-state index in [1.165, 1.54) is 16.8 Å². The number of carbonyl (C=O) groups is 1. The molecule has 1 aromatic carbocycles. The van der Waals surface area contributed by atoms with Gasteiger partial charge in [0.2, 0.25) is 11.8 Å². The second-order valence-electron chi connectivity index (χ2n) is 6.22. The van der Waals surface area contributed by atoms with E-state index >= 15 is 0 Å². The largest absolute Gasteiger partial charge is 0.437 e. The lowest BCUT2D eigenvalue weighted by molar-refractivity contribution is -0.117. The molecule has 1 heterocycles. The van der Waals surface area contributed by atoms with Crippen molar-refractivity contribution in [2.24, 2.45) is 13.0 Å². The molecule has 0 aliphatic rings. The molecular formula is C18H24FN3O3. The van der Waals surface area contributed by atoms with Crippen molar-refractivity contribution in [3.63, 3.8) is 0 Å². The van der Waals surface area contributed by atoms with Crippen molar-refractivity contribution >= 4 is 11.6 Å². The Bertz CT molecular complexity index is 728. The van der Waals surface area contributed by atoms with Gasteiger partial charge >= 0.3 is 0 Å². The average Bonchev–Trinajstić information content (AvgIpc) is 2.78. The molecule has 0 radical (unpaired) electrons. The number of aromatic nitrogens is 2. The van der Waals surface area contributed by atoms with E-state index in [2.05, 4.69) is 24.3 Å². The molecular weight excluding hydrogens is 325 g/mol. The number of carbonyl (C=O) groups excluding carboxylic acids is 1. The van der Waals surface area contributed by atoms with Crippen LogP contribution in [0.2, 0.25) is 0 Å². The minimum Gasteiger partial charge on any atom is -0.437 e. The van der Waals surface area contributed by atoms with Gasteiger partial charge in [0.15, 0.2) is 0 Å². The van der Waals surface area contributed by atoms with Gasteiger partial charge in [-0.2, -0.15) is 5.10 Å². The first-order chi connectivity index (χ1) is 11.9. The number of nitrogens with one attached hydrogen (secondary N) is 1. The zero-order chi connectivity index (χ0) is 18.4. The van der Waals surface area contributed by atoms with E-state index in [0.717, 1.165) is 0 Å².